The fourth-order valence-electron chi connectivity index (χ4n) is 12.5. The van der Waals surface area contributed by atoms with Gasteiger partial charge >= 0.3 is 0 Å². The number of hydrogen-bond acceptors (Lipinski definition) is 29. The normalized spacial score (nSPS) is 13.2. The molecule has 1 aliphatic carbocycles. The fraction of sp³-hybridized carbons (Fsp3) is 0.120. The minimum Gasteiger partial charge on any atom is -0.496 e. The molecule has 0 radical (unpaired) electrons. The number of dihydropyridines is 1. The number of H-pyrrole nitrogens is 2. The summed E-state index contributed by atoms with van der Waals surface area (Å²) in [6.07, 6.45) is 52.4. The van der Waals surface area contributed by atoms with Crippen LogP contribution in [0.15, 0.2) is 380 Å². The summed E-state index contributed by atoms with van der Waals surface area (Å²) in [5.74, 6) is 5.29. The molecule has 0 spiro atoms. The van der Waals surface area contributed by atoms with Crippen molar-refractivity contribution in [3.63, 3.8) is 0 Å². The minimum atomic E-state index is -0.0874. The first-order chi connectivity index (χ1) is 64.9. The standard InChI is InChI=1S/C12H13NO3.C10H12N2O.C9H9N3O.C9H8N2.C8H6N2O.C8H7N.C7H5N3.C7H8N2.C7H6N2.C7H5NS.C6H5N3.C5H6N2.C5H5N/c1-14-10-4-5-13-9-7-12(16-3)11(15-2)6-8(9)10;1-7-3-4-8-9(13-2)5-6-11-10(8)12-7;1-6-5-11-8-7(13-2)3-4-10-9(8)12-6;1-2-6-10-8(4-1)9-5-3-7-11-9;11-8-6-3-1-2-4-7(6)9-5-10-8;1-3-7-4-2-6-9-8(7)5-1;1-2-6-4-8-5-10-7(6)9-3-1;1-2-6-7(8-4-1)3-5-9-6;2*1-2-4-7-6(3-1)8-5-9-7;1-2-6-7-4-5-9(6)8-3-1;1-5-2-3-6-4-7-5;1-2-4-6-5-3-1/h4-7H,1-3H3;5-6H,1,3-4H2,2H3,(H,11,12);3-5H,1H2,2H3,(H,10,12);1-4,6-7H,5H2;1-5H,(H,9,10,11);1-4,6H,5H2;1-5H;1-7,9H;1-5H,(H,8,9);2*1-5H;2-4H,1H3;1-5H. The number of methoxy groups -OCH3 is 5. The molecule has 2 atom stereocenters. The number of imidazole rings is 2. The van der Waals surface area contributed by atoms with Crippen LogP contribution in [0.4, 0.5) is 17.3 Å². The predicted octanol–water partition coefficient (Wildman–Crippen LogP) is 18.3. The van der Waals surface area contributed by atoms with Crippen molar-refractivity contribution in [3.05, 3.63) is 399 Å². The van der Waals surface area contributed by atoms with Gasteiger partial charge in [0.15, 0.2) is 28.6 Å². The third-order valence-electron chi connectivity index (χ3n) is 19.0. The molecule has 0 saturated heterocycles. The average molecular weight is 1780 g/mol. The number of allylic oxidation sites excluding steroid dienone is 5. The Morgan fingerprint density at radius 1 is 0.515 bits per heavy atom. The summed E-state index contributed by atoms with van der Waals surface area (Å²) in [6, 6.07) is 58.3. The second-order valence-corrected chi connectivity index (χ2v) is 28.6. The maximum absolute atomic E-state index is 11.1. The summed E-state index contributed by atoms with van der Waals surface area (Å²) in [5, 5.41) is 15.8. The first-order valence-electron chi connectivity index (χ1n) is 41.3. The predicted molar refractivity (Wildman–Crippen MR) is 523 cm³/mol. The SMILES string of the molecule is C1=CC2NC=CC2N=C1.C1=CN=C(c2ccccn2)C1.C1=Cc2cccnc2C1.C=C1C=Nc2c(OC)ccnc2N1.C=C1CCc2c(OC)ccnc2N1.COc1cc2nccc(OC)c2cc1OC.Cc1ccncn1.O=c1[nH]cnc2ccccc12.c1ccc2[nH]cnc2c1.c1ccc2scnc2c1.c1ccncc1.c1cnc2ncncc2c1.c1cnn2ccnc2c1. The molecule has 132 heavy (non-hydrogen) atoms. The molecule has 5 N–H and O–H groups in total. The van der Waals surface area contributed by atoms with Gasteiger partial charge in [-0.1, -0.05) is 92.1 Å². The largest absolute Gasteiger partial charge is 0.496 e. The van der Waals surface area contributed by atoms with E-state index in [0.29, 0.717) is 40.5 Å². The number of aliphatic imine (C=N–C) groups is 3. The van der Waals surface area contributed by atoms with Gasteiger partial charge in [0.1, 0.15) is 41.4 Å². The first-order valence-corrected chi connectivity index (χ1v) is 42.2. The van der Waals surface area contributed by atoms with Gasteiger partial charge in [0.25, 0.3) is 5.56 Å². The summed E-state index contributed by atoms with van der Waals surface area (Å²) in [5.41, 5.74) is 17.3. The molecule has 4 aromatic carbocycles. The number of nitrogens with one attached hydrogen (secondary N) is 5. The van der Waals surface area contributed by atoms with Crippen LogP contribution in [0.25, 0.3) is 65.8 Å². The number of nitrogens with zero attached hydrogens (tertiary/aromatic N) is 20. The van der Waals surface area contributed by atoms with Crippen molar-refractivity contribution in [1.82, 2.24) is 99.7 Å². The number of fused-ring (bicyclic) bond motifs is 10. The van der Waals surface area contributed by atoms with E-state index >= 15 is 0 Å². The molecule has 24 rings (SSSR count). The molecule has 662 valence electrons. The van der Waals surface area contributed by atoms with Crippen LogP contribution < -0.4 is 45.2 Å². The van der Waals surface area contributed by atoms with Crippen molar-refractivity contribution < 1.29 is 23.7 Å². The Balaban J connectivity index is 0.000000130. The molecule has 32 heteroatoms. The Hall–Kier alpha value is -17.4. The van der Waals surface area contributed by atoms with Crippen molar-refractivity contribution in [2.75, 3.05) is 46.2 Å². The number of rotatable bonds is 6. The molecule has 19 heterocycles. The Morgan fingerprint density at radius 3 is 1.95 bits per heavy atom. The van der Waals surface area contributed by atoms with Crippen LogP contribution in [0.2, 0.25) is 0 Å². The molecular weight excluding hydrogens is 1680 g/mol. The number of aromatic nitrogens is 19. The number of anilines is 2. The summed E-state index contributed by atoms with van der Waals surface area (Å²) in [7, 11) is 8.12. The monoisotopic (exact) mass is 1770 g/mol. The first kappa shape index (κ1) is 93.7. The van der Waals surface area contributed by atoms with Crippen LogP contribution in [0.1, 0.15) is 41.1 Å². The highest BCUT2D eigenvalue weighted by molar-refractivity contribution is 7.16. The van der Waals surface area contributed by atoms with Crippen LogP contribution in [0.5, 0.6) is 28.7 Å². The molecule has 14 aromatic heterocycles. The summed E-state index contributed by atoms with van der Waals surface area (Å²) >= 11 is 1.68. The summed E-state index contributed by atoms with van der Waals surface area (Å²) in [6.45, 7) is 9.54. The highest BCUT2D eigenvalue weighted by Gasteiger charge is 2.20. The molecule has 2 unspecified atom stereocenters. The van der Waals surface area contributed by atoms with Gasteiger partial charge < -0.3 is 49.6 Å². The number of pyridine rings is 7. The van der Waals surface area contributed by atoms with Gasteiger partial charge in [-0.25, -0.2) is 64.3 Å². The molecule has 6 aliphatic rings. The van der Waals surface area contributed by atoms with Gasteiger partial charge in [0, 0.05) is 146 Å². The zero-order valence-corrected chi connectivity index (χ0v) is 74.0. The van der Waals surface area contributed by atoms with Gasteiger partial charge in [-0.05, 0) is 159 Å². The van der Waals surface area contributed by atoms with Gasteiger partial charge in [0.05, 0.1) is 132 Å². The van der Waals surface area contributed by atoms with Crippen LogP contribution >= 0.6 is 11.3 Å². The highest BCUT2D eigenvalue weighted by atomic mass is 32.1. The van der Waals surface area contributed by atoms with Crippen LogP contribution in [0.3, 0.4) is 0 Å². The van der Waals surface area contributed by atoms with Crippen LogP contribution in [-0.2, 0) is 12.8 Å². The van der Waals surface area contributed by atoms with Crippen molar-refractivity contribution in [3.8, 4) is 28.7 Å². The van der Waals surface area contributed by atoms with E-state index in [1.165, 1.54) is 34.9 Å². The summed E-state index contributed by atoms with van der Waals surface area (Å²) < 4.78 is 29.1. The lowest BCUT2D eigenvalue weighted by molar-refractivity contribution is 0.355. The maximum Gasteiger partial charge on any atom is 0.258 e. The van der Waals surface area contributed by atoms with Crippen molar-refractivity contribution in [2.24, 2.45) is 15.0 Å². The number of aryl methyl sites for hydroxylation is 1. The average Bonchev–Trinajstić information content (AvgIpc) is 0.934. The summed E-state index contributed by atoms with van der Waals surface area (Å²) in [4.78, 5) is 89.6. The minimum absolute atomic E-state index is 0.0874. The van der Waals surface area contributed by atoms with Crippen LogP contribution in [-0.4, -0.2) is 160 Å². The Kier molecular flexibility index (Phi) is 36.4. The number of benzene rings is 4. The molecule has 0 fully saturated rings. The van der Waals surface area contributed by atoms with E-state index in [9.17, 15) is 4.79 Å². The smallest absolute Gasteiger partial charge is 0.258 e. The van der Waals surface area contributed by atoms with Crippen molar-refractivity contribution in [1.29, 1.82) is 0 Å². The molecule has 0 saturated carbocycles. The fourth-order valence-corrected chi connectivity index (χ4v) is 13.2. The van der Waals surface area contributed by atoms with E-state index in [2.05, 4.69) is 170 Å². The maximum atomic E-state index is 11.1. The van der Waals surface area contributed by atoms with E-state index in [4.69, 9.17) is 23.7 Å². The highest BCUT2D eigenvalue weighted by Crippen LogP contribution is 2.37. The Bertz CT molecular complexity index is 6630. The van der Waals surface area contributed by atoms with Gasteiger partial charge in [-0.15, -0.1) is 11.3 Å². The van der Waals surface area contributed by atoms with E-state index in [0.717, 1.165) is 132 Å². The van der Waals surface area contributed by atoms with E-state index < -0.39 is 0 Å². The third kappa shape index (κ3) is 28.5. The molecule has 0 amide bonds. The lowest BCUT2D eigenvalue weighted by atomic mass is 10.0. The zero-order valence-electron chi connectivity index (χ0n) is 73.2. The van der Waals surface area contributed by atoms with E-state index in [-0.39, 0.29) is 5.56 Å². The van der Waals surface area contributed by atoms with E-state index in [1.54, 1.807) is 144 Å². The van der Waals surface area contributed by atoms with Crippen molar-refractivity contribution >= 4 is 113 Å². The molecule has 31 nitrogen and oxygen atoms in total. The van der Waals surface area contributed by atoms with Gasteiger partial charge in [-0.2, -0.15) is 5.10 Å². The topological polar surface area (TPSA) is 379 Å². The lowest BCUT2D eigenvalue weighted by Gasteiger charge is -2.20. The van der Waals surface area contributed by atoms with Gasteiger partial charge in [0.2, 0.25) is 0 Å². The number of hydrogen-bond donors (Lipinski definition) is 5. The number of ether oxygens (including phenoxy) is 5. The van der Waals surface area contributed by atoms with E-state index in [1.807, 2.05) is 213 Å². The van der Waals surface area contributed by atoms with Gasteiger partial charge in [-0.3, -0.25) is 34.7 Å². The zero-order chi connectivity index (χ0) is 92.0. The lowest BCUT2D eigenvalue weighted by Crippen LogP contribution is -2.28. The Labute approximate surface area is 765 Å². The molecular formula is C100H95N25O6S. The number of aromatic amines is 2. The van der Waals surface area contributed by atoms with Crippen LogP contribution in [0, 0.1) is 6.92 Å². The number of thiazole rings is 1. The quantitative estimate of drug-likeness (QED) is 0.103. The van der Waals surface area contributed by atoms with Crippen molar-refractivity contribution in [2.45, 2.75) is 44.7 Å². The number of para-hydroxylation sites is 4. The second kappa shape index (κ2) is 51.3. The second-order valence-electron chi connectivity index (χ2n) is 27.7. The Morgan fingerprint density at radius 2 is 1.23 bits per heavy atom. The molecule has 5 aliphatic heterocycles. The molecule has 18 aromatic rings. The third-order valence-corrected chi connectivity index (χ3v) is 19.8. The molecule has 0 bridgehead atoms.